The van der Waals surface area contributed by atoms with Crippen LogP contribution in [0.3, 0.4) is 0 Å². The van der Waals surface area contributed by atoms with Gasteiger partial charge in [-0.15, -0.1) is 0 Å². The maximum Gasteiger partial charge on any atom is 0.407 e. The van der Waals surface area contributed by atoms with Crippen LogP contribution in [0.5, 0.6) is 0 Å². The molecule has 1 aromatic carbocycles. The Hall–Kier alpha value is -2.04. The molecule has 2 amide bonds. The van der Waals surface area contributed by atoms with Gasteiger partial charge in [-0.1, -0.05) is 37.5 Å². The number of benzene rings is 1. The van der Waals surface area contributed by atoms with Crippen molar-refractivity contribution in [3.63, 3.8) is 0 Å². The van der Waals surface area contributed by atoms with Crippen LogP contribution in [0.25, 0.3) is 0 Å². The Kier molecular flexibility index (Phi) is 4.61. The molecular weight excluding hydrogens is 280 g/mol. The molecule has 0 bridgehead atoms. The minimum absolute atomic E-state index is 0.0818. The van der Waals surface area contributed by atoms with Gasteiger partial charge in [0.15, 0.2) is 0 Å². The summed E-state index contributed by atoms with van der Waals surface area (Å²) in [6, 6.07) is 9.55. The summed E-state index contributed by atoms with van der Waals surface area (Å²) >= 11 is 0. The number of hydrogen-bond donors (Lipinski definition) is 2. The summed E-state index contributed by atoms with van der Waals surface area (Å²) in [7, 11) is 0. The van der Waals surface area contributed by atoms with E-state index in [1.807, 2.05) is 30.3 Å². The molecule has 5 nitrogen and oxygen atoms in total. The molecule has 0 radical (unpaired) electrons. The van der Waals surface area contributed by atoms with Crippen LogP contribution in [0.15, 0.2) is 30.3 Å². The molecule has 3 rings (SSSR count). The summed E-state index contributed by atoms with van der Waals surface area (Å²) < 4.78 is 5.32. The number of anilines is 1. The molecule has 22 heavy (non-hydrogen) atoms. The summed E-state index contributed by atoms with van der Waals surface area (Å²) in [6.07, 6.45) is 5.57. The van der Waals surface area contributed by atoms with E-state index in [-0.39, 0.29) is 30.1 Å². The number of ether oxygens (including phenoxy) is 1. The fraction of sp³-hybridized carbons (Fsp3) is 0.529. The van der Waals surface area contributed by atoms with Crippen molar-refractivity contribution in [1.82, 2.24) is 5.32 Å². The quantitative estimate of drug-likeness (QED) is 0.898. The van der Waals surface area contributed by atoms with E-state index in [9.17, 15) is 9.59 Å². The second-order valence-electron chi connectivity index (χ2n) is 6.12. The van der Waals surface area contributed by atoms with Gasteiger partial charge in [-0.25, -0.2) is 4.79 Å². The first-order chi connectivity index (χ1) is 10.7. The molecule has 1 aromatic rings. The molecule has 0 saturated heterocycles. The van der Waals surface area contributed by atoms with Gasteiger partial charge in [0.25, 0.3) is 0 Å². The van der Waals surface area contributed by atoms with E-state index in [1.54, 1.807) is 0 Å². The fourth-order valence-corrected chi connectivity index (χ4v) is 2.92. The molecular formula is C17H22N2O3. The van der Waals surface area contributed by atoms with Crippen LogP contribution >= 0.6 is 0 Å². The van der Waals surface area contributed by atoms with E-state index in [0.29, 0.717) is 6.42 Å². The molecule has 2 unspecified atom stereocenters. The average molecular weight is 302 g/mol. The highest BCUT2D eigenvalue weighted by atomic mass is 16.6. The lowest BCUT2D eigenvalue weighted by Crippen LogP contribution is -2.37. The first kappa shape index (κ1) is 14.9. The number of nitrogens with one attached hydrogen (secondary N) is 2. The first-order valence-corrected chi connectivity index (χ1v) is 8.05. The standard InChI is InChI=1S/C17H22N2O3/c20-16(18-12-7-3-1-4-8-12)14-11-15(14)22-17(21)19-13-9-5-2-6-10-13/h1,3-4,7-8,13-15H,2,5-6,9-11H2,(H,18,20)(H,19,21). The Balaban J connectivity index is 1.40. The maximum absolute atomic E-state index is 12.0. The third-order valence-corrected chi connectivity index (χ3v) is 4.30. The molecule has 0 spiro atoms. The average Bonchev–Trinajstić information content (AvgIpc) is 3.28. The van der Waals surface area contributed by atoms with Crippen molar-refractivity contribution in [2.75, 3.05) is 5.32 Å². The third kappa shape index (κ3) is 4.00. The molecule has 2 aliphatic carbocycles. The highest BCUT2D eigenvalue weighted by Crippen LogP contribution is 2.35. The van der Waals surface area contributed by atoms with Crippen LogP contribution in [0.2, 0.25) is 0 Å². The lowest BCUT2D eigenvalue weighted by atomic mass is 9.96. The van der Waals surface area contributed by atoms with Crippen molar-refractivity contribution >= 4 is 17.7 Å². The number of carbonyl (C=O) groups is 2. The molecule has 2 aliphatic rings. The number of para-hydroxylation sites is 1. The lowest BCUT2D eigenvalue weighted by molar-refractivity contribution is -0.117. The van der Waals surface area contributed by atoms with Crippen LogP contribution in [-0.2, 0) is 9.53 Å². The zero-order valence-electron chi connectivity index (χ0n) is 12.6. The van der Waals surface area contributed by atoms with Crippen molar-refractivity contribution in [1.29, 1.82) is 0 Å². The summed E-state index contributed by atoms with van der Waals surface area (Å²) in [5, 5.41) is 5.74. The maximum atomic E-state index is 12.0. The number of carbonyl (C=O) groups excluding carboxylic acids is 2. The van der Waals surface area contributed by atoms with E-state index in [2.05, 4.69) is 10.6 Å². The molecule has 2 atom stereocenters. The van der Waals surface area contributed by atoms with Crippen LogP contribution in [0.1, 0.15) is 38.5 Å². The van der Waals surface area contributed by atoms with Gasteiger partial charge in [0, 0.05) is 18.2 Å². The molecule has 118 valence electrons. The monoisotopic (exact) mass is 302 g/mol. The van der Waals surface area contributed by atoms with Gasteiger partial charge < -0.3 is 15.4 Å². The van der Waals surface area contributed by atoms with Crippen molar-refractivity contribution in [2.45, 2.75) is 50.7 Å². The second-order valence-corrected chi connectivity index (χ2v) is 6.12. The van der Waals surface area contributed by atoms with Crippen molar-refractivity contribution in [3.8, 4) is 0 Å². The molecule has 2 fully saturated rings. The minimum atomic E-state index is -0.382. The molecule has 2 saturated carbocycles. The van der Waals surface area contributed by atoms with E-state index in [1.165, 1.54) is 6.42 Å². The Morgan fingerprint density at radius 2 is 1.77 bits per heavy atom. The zero-order valence-corrected chi connectivity index (χ0v) is 12.6. The van der Waals surface area contributed by atoms with E-state index >= 15 is 0 Å². The lowest BCUT2D eigenvalue weighted by Gasteiger charge is -2.22. The molecule has 0 aliphatic heterocycles. The summed E-state index contributed by atoms with van der Waals surface area (Å²) in [4.78, 5) is 23.9. The van der Waals surface area contributed by atoms with Crippen molar-refractivity contribution < 1.29 is 14.3 Å². The molecule has 0 heterocycles. The topological polar surface area (TPSA) is 67.4 Å². The second kappa shape index (κ2) is 6.81. The predicted molar refractivity (Wildman–Crippen MR) is 83.5 cm³/mol. The summed E-state index contributed by atoms with van der Waals surface area (Å²) in [6.45, 7) is 0. The van der Waals surface area contributed by atoms with E-state index in [0.717, 1.165) is 31.4 Å². The molecule has 2 N–H and O–H groups in total. The van der Waals surface area contributed by atoms with Gasteiger partial charge in [0.1, 0.15) is 6.10 Å². The number of alkyl carbamates (subject to hydrolysis) is 1. The van der Waals surface area contributed by atoms with Crippen LogP contribution in [0, 0.1) is 5.92 Å². The highest BCUT2D eigenvalue weighted by molar-refractivity contribution is 5.95. The largest absolute Gasteiger partial charge is 0.445 e. The third-order valence-electron chi connectivity index (χ3n) is 4.30. The van der Waals surface area contributed by atoms with Crippen LogP contribution < -0.4 is 10.6 Å². The van der Waals surface area contributed by atoms with Gasteiger partial charge in [0.05, 0.1) is 5.92 Å². The predicted octanol–water partition coefficient (Wildman–Crippen LogP) is 3.07. The Bertz CT molecular complexity index is 526. The summed E-state index contributed by atoms with van der Waals surface area (Å²) in [5.41, 5.74) is 0.768. The summed E-state index contributed by atoms with van der Waals surface area (Å²) in [5.74, 6) is -0.307. The molecule has 5 heteroatoms. The van der Waals surface area contributed by atoms with E-state index in [4.69, 9.17) is 4.74 Å². The number of amides is 2. The van der Waals surface area contributed by atoms with Gasteiger partial charge in [0.2, 0.25) is 5.91 Å². The van der Waals surface area contributed by atoms with Gasteiger partial charge in [-0.2, -0.15) is 0 Å². The van der Waals surface area contributed by atoms with Gasteiger partial charge >= 0.3 is 6.09 Å². The first-order valence-electron chi connectivity index (χ1n) is 8.05. The van der Waals surface area contributed by atoms with Crippen LogP contribution in [-0.4, -0.2) is 24.1 Å². The van der Waals surface area contributed by atoms with Crippen molar-refractivity contribution in [3.05, 3.63) is 30.3 Å². The Labute approximate surface area is 130 Å². The Morgan fingerprint density at radius 1 is 1.05 bits per heavy atom. The number of rotatable bonds is 4. The highest BCUT2D eigenvalue weighted by Gasteiger charge is 2.46. The zero-order chi connectivity index (χ0) is 15.4. The van der Waals surface area contributed by atoms with Crippen molar-refractivity contribution in [2.24, 2.45) is 5.92 Å². The number of hydrogen-bond acceptors (Lipinski definition) is 3. The van der Waals surface area contributed by atoms with Gasteiger partial charge in [-0.3, -0.25) is 4.79 Å². The van der Waals surface area contributed by atoms with Gasteiger partial charge in [-0.05, 0) is 25.0 Å². The minimum Gasteiger partial charge on any atom is -0.445 e. The normalized spacial score (nSPS) is 24.4. The SMILES string of the molecule is O=C(NC1CCCCC1)OC1CC1C(=O)Nc1ccccc1. The molecule has 0 aromatic heterocycles. The van der Waals surface area contributed by atoms with Crippen LogP contribution in [0.4, 0.5) is 10.5 Å². The van der Waals surface area contributed by atoms with E-state index < -0.39 is 0 Å². The fourth-order valence-electron chi connectivity index (χ4n) is 2.92. The Morgan fingerprint density at radius 3 is 2.50 bits per heavy atom. The smallest absolute Gasteiger partial charge is 0.407 e.